The Labute approximate surface area is 178 Å². The van der Waals surface area contributed by atoms with Crippen LogP contribution in [0.2, 0.25) is 0 Å². The molecule has 1 heterocycles. The van der Waals surface area contributed by atoms with Crippen LogP contribution in [0.3, 0.4) is 0 Å². The highest BCUT2D eigenvalue weighted by Gasteiger charge is 2.43. The number of carbonyl (C=O) groups excluding carboxylic acids is 2. The number of hydrogen-bond acceptors (Lipinski definition) is 4. The van der Waals surface area contributed by atoms with Crippen LogP contribution in [0.15, 0.2) is 65.0 Å². The average molecular weight is 404 g/mol. The summed E-state index contributed by atoms with van der Waals surface area (Å²) in [4.78, 5) is 26.4. The molecule has 0 spiro atoms. The third kappa shape index (κ3) is 3.55. The zero-order chi connectivity index (χ0) is 21.5. The smallest absolute Gasteiger partial charge is 0.336 e. The summed E-state index contributed by atoms with van der Waals surface area (Å²) in [5.74, 6) is -0.628. The monoisotopic (exact) mass is 403 g/mol. The number of hydrogen-bond donors (Lipinski definition) is 1. The summed E-state index contributed by atoms with van der Waals surface area (Å²) < 4.78 is 5.44. The van der Waals surface area contributed by atoms with Gasteiger partial charge < -0.3 is 10.1 Å². The normalized spacial score (nSPS) is 20.8. The van der Waals surface area contributed by atoms with Crippen molar-refractivity contribution < 1.29 is 14.3 Å². The highest BCUT2D eigenvalue weighted by atomic mass is 16.5. The molecule has 0 bridgehead atoms. The predicted octanol–water partition coefficient (Wildman–Crippen LogP) is 5.40. The summed E-state index contributed by atoms with van der Waals surface area (Å²) in [6.07, 6.45) is 1.94. The Balaban J connectivity index is 1.94. The summed E-state index contributed by atoms with van der Waals surface area (Å²) in [5.41, 5.74) is 3.98. The van der Waals surface area contributed by atoms with E-state index < -0.39 is 5.92 Å². The van der Waals surface area contributed by atoms with Crippen LogP contribution in [0.4, 0.5) is 0 Å². The highest BCUT2D eigenvalue weighted by Crippen LogP contribution is 2.47. The van der Waals surface area contributed by atoms with Gasteiger partial charge in [-0.15, -0.1) is 0 Å². The first-order chi connectivity index (χ1) is 14.3. The van der Waals surface area contributed by atoms with Crippen LogP contribution in [0.5, 0.6) is 0 Å². The quantitative estimate of drug-likeness (QED) is 0.695. The standard InChI is InChI=1S/C26H29NO3/c1-5-19-24(25(29)30-6-2)22(18-12-11-16-9-7-8-10-17(16)13-18)23-20(27-19)14-26(3,4)15-21(23)28/h7-13,22,27H,5-6,14-15H2,1-4H3. The van der Waals surface area contributed by atoms with E-state index in [-0.39, 0.29) is 17.2 Å². The van der Waals surface area contributed by atoms with Gasteiger partial charge in [0.25, 0.3) is 0 Å². The van der Waals surface area contributed by atoms with E-state index in [1.807, 2.05) is 32.0 Å². The number of fused-ring (bicyclic) bond motifs is 1. The number of allylic oxidation sites excluding steroid dienone is 3. The number of ether oxygens (including phenoxy) is 1. The van der Waals surface area contributed by atoms with E-state index in [1.54, 1.807) is 0 Å². The van der Waals surface area contributed by atoms with Crippen LogP contribution < -0.4 is 5.32 Å². The number of ketones is 1. The van der Waals surface area contributed by atoms with Gasteiger partial charge in [0.05, 0.1) is 12.2 Å². The van der Waals surface area contributed by atoms with E-state index in [9.17, 15) is 9.59 Å². The van der Waals surface area contributed by atoms with Gasteiger partial charge in [-0.05, 0) is 41.5 Å². The second kappa shape index (κ2) is 7.75. The molecule has 156 valence electrons. The molecule has 4 nitrogen and oxygen atoms in total. The van der Waals surface area contributed by atoms with Gasteiger partial charge in [0, 0.05) is 29.3 Å². The second-order valence-corrected chi connectivity index (χ2v) is 8.96. The lowest BCUT2D eigenvalue weighted by atomic mass is 9.68. The lowest BCUT2D eigenvalue weighted by Crippen LogP contribution is -2.39. The van der Waals surface area contributed by atoms with E-state index in [0.29, 0.717) is 25.0 Å². The largest absolute Gasteiger partial charge is 0.463 e. The Morgan fingerprint density at radius 2 is 1.83 bits per heavy atom. The lowest BCUT2D eigenvalue weighted by molar-refractivity contribution is -0.138. The Morgan fingerprint density at radius 3 is 2.53 bits per heavy atom. The first-order valence-electron chi connectivity index (χ1n) is 10.8. The van der Waals surface area contributed by atoms with Gasteiger partial charge in [-0.25, -0.2) is 4.79 Å². The molecule has 2 aromatic rings. The van der Waals surface area contributed by atoms with Crippen LogP contribution >= 0.6 is 0 Å². The van der Waals surface area contributed by atoms with Crippen LogP contribution in [-0.4, -0.2) is 18.4 Å². The van der Waals surface area contributed by atoms with Gasteiger partial charge >= 0.3 is 5.97 Å². The van der Waals surface area contributed by atoms with Crippen LogP contribution in [0.1, 0.15) is 58.4 Å². The average Bonchev–Trinajstić information content (AvgIpc) is 2.71. The van der Waals surface area contributed by atoms with E-state index >= 15 is 0 Å². The molecule has 0 fully saturated rings. The molecule has 0 aromatic heterocycles. The van der Waals surface area contributed by atoms with Crippen molar-refractivity contribution in [3.63, 3.8) is 0 Å². The molecule has 0 saturated heterocycles. The van der Waals surface area contributed by atoms with Gasteiger partial charge in [-0.1, -0.05) is 63.2 Å². The second-order valence-electron chi connectivity index (χ2n) is 8.96. The minimum Gasteiger partial charge on any atom is -0.463 e. The zero-order valence-corrected chi connectivity index (χ0v) is 18.2. The molecule has 0 saturated carbocycles. The number of carbonyl (C=O) groups is 2. The molecule has 1 aliphatic carbocycles. The number of esters is 1. The number of rotatable bonds is 4. The van der Waals surface area contributed by atoms with Crippen LogP contribution in [0, 0.1) is 5.41 Å². The van der Waals surface area contributed by atoms with Gasteiger partial charge in [0.1, 0.15) is 0 Å². The topological polar surface area (TPSA) is 55.4 Å². The van der Waals surface area contributed by atoms with Crippen molar-refractivity contribution in [3.05, 3.63) is 70.6 Å². The maximum Gasteiger partial charge on any atom is 0.336 e. The molecule has 1 atom stereocenters. The third-order valence-corrected chi connectivity index (χ3v) is 6.08. The van der Waals surface area contributed by atoms with Crippen LogP contribution in [-0.2, 0) is 14.3 Å². The fraction of sp³-hybridized carbons (Fsp3) is 0.385. The van der Waals surface area contributed by atoms with Crippen molar-refractivity contribution in [1.82, 2.24) is 5.32 Å². The molecule has 4 rings (SSSR count). The minimum absolute atomic E-state index is 0.100. The maximum atomic E-state index is 13.3. The Hall–Kier alpha value is -2.88. The molecule has 30 heavy (non-hydrogen) atoms. The van der Waals surface area contributed by atoms with Crippen molar-refractivity contribution in [2.24, 2.45) is 5.41 Å². The first-order valence-corrected chi connectivity index (χ1v) is 10.8. The number of dihydropyridines is 1. The summed E-state index contributed by atoms with van der Waals surface area (Å²) in [5, 5.41) is 5.69. The maximum absolute atomic E-state index is 13.3. The van der Waals surface area contributed by atoms with E-state index in [4.69, 9.17) is 4.74 Å². The van der Waals surface area contributed by atoms with Gasteiger partial charge in [0.15, 0.2) is 5.78 Å². The van der Waals surface area contributed by atoms with Crippen molar-refractivity contribution in [1.29, 1.82) is 0 Å². The summed E-state index contributed by atoms with van der Waals surface area (Å²) in [7, 11) is 0. The fourth-order valence-corrected chi connectivity index (χ4v) is 4.80. The highest BCUT2D eigenvalue weighted by molar-refractivity contribution is 6.04. The number of nitrogens with one attached hydrogen (secondary N) is 1. The summed E-state index contributed by atoms with van der Waals surface area (Å²) >= 11 is 0. The van der Waals surface area contributed by atoms with Crippen LogP contribution in [0.25, 0.3) is 10.8 Å². The molecular formula is C26H29NO3. The predicted molar refractivity (Wildman–Crippen MR) is 119 cm³/mol. The van der Waals surface area contributed by atoms with Gasteiger partial charge in [-0.2, -0.15) is 0 Å². The first kappa shape index (κ1) is 20.4. The molecule has 0 radical (unpaired) electrons. The third-order valence-electron chi connectivity index (χ3n) is 6.08. The van der Waals surface area contributed by atoms with E-state index in [0.717, 1.165) is 39.7 Å². The molecule has 0 amide bonds. The fourth-order valence-electron chi connectivity index (χ4n) is 4.80. The van der Waals surface area contributed by atoms with Gasteiger partial charge in [-0.3, -0.25) is 4.79 Å². The molecule has 2 aliphatic rings. The van der Waals surface area contributed by atoms with Crippen molar-refractivity contribution in [2.75, 3.05) is 6.61 Å². The molecule has 1 unspecified atom stereocenters. The van der Waals surface area contributed by atoms with Crippen molar-refractivity contribution in [3.8, 4) is 0 Å². The Kier molecular flexibility index (Phi) is 5.27. The Morgan fingerprint density at radius 1 is 1.10 bits per heavy atom. The van der Waals surface area contributed by atoms with Crippen molar-refractivity contribution in [2.45, 2.75) is 52.9 Å². The zero-order valence-electron chi connectivity index (χ0n) is 18.2. The SMILES string of the molecule is CCOC(=O)C1=C(CC)NC2=C(C(=O)CC(C)(C)C2)C1c1ccc2ccccc2c1. The van der Waals surface area contributed by atoms with E-state index in [1.165, 1.54) is 0 Å². The molecule has 2 aromatic carbocycles. The van der Waals surface area contributed by atoms with E-state index in [2.05, 4.69) is 43.4 Å². The number of benzene rings is 2. The summed E-state index contributed by atoms with van der Waals surface area (Å²) in [6, 6.07) is 14.4. The van der Waals surface area contributed by atoms with Crippen molar-refractivity contribution >= 4 is 22.5 Å². The molecular weight excluding hydrogens is 374 g/mol. The molecule has 1 N–H and O–H groups in total. The summed E-state index contributed by atoms with van der Waals surface area (Å²) in [6.45, 7) is 8.39. The lowest BCUT2D eigenvalue weighted by Gasteiger charge is -2.40. The molecule has 4 heteroatoms. The number of Topliss-reactive ketones (excluding diaryl/α,β-unsaturated/α-hetero) is 1. The Bertz CT molecular complexity index is 1090. The molecule has 1 aliphatic heterocycles. The minimum atomic E-state index is -0.400. The van der Waals surface area contributed by atoms with Gasteiger partial charge in [0.2, 0.25) is 0 Å².